The van der Waals surface area contributed by atoms with E-state index in [1.165, 1.54) is 0 Å². The summed E-state index contributed by atoms with van der Waals surface area (Å²) in [6, 6.07) is 0.832. The number of hydrogen-bond acceptors (Lipinski definition) is 3. The maximum Gasteiger partial charge on any atom is 0.416 e. The van der Waals surface area contributed by atoms with Crippen LogP contribution < -0.4 is 0 Å². The van der Waals surface area contributed by atoms with Crippen molar-refractivity contribution in [2.75, 3.05) is 7.11 Å². The quantitative estimate of drug-likeness (QED) is 0.622. The van der Waals surface area contributed by atoms with Crippen molar-refractivity contribution in [2.24, 2.45) is 0 Å². The zero-order chi connectivity index (χ0) is 12.3. The molecule has 0 saturated carbocycles. The molecule has 16 heavy (non-hydrogen) atoms. The highest BCUT2D eigenvalue weighted by atomic mass is 79.9. The van der Waals surface area contributed by atoms with Crippen LogP contribution in [0, 0.1) is 0 Å². The summed E-state index contributed by atoms with van der Waals surface area (Å²) in [7, 11) is 1.11. The van der Waals surface area contributed by atoms with Gasteiger partial charge in [-0.3, -0.25) is 4.79 Å². The molecule has 0 amide bonds. The van der Waals surface area contributed by atoms with Gasteiger partial charge in [0, 0.05) is 6.20 Å². The van der Waals surface area contributed by atoms with Gasteiger partial charge in [0.15, 0.2) is 0 Å². The fourth-order valence-corrected chi connectivity index (χ4v) is 1.42. The third-order valence-corrected chi connectivity index (χ3v) is 2.25. The summed E-state index contributed by atoms with van der Waals surface area (Å²) < 4.78 is 42.1. The number of methoxy groups -OCH3 is 1. The van der Waals surface area contributed by atoms with Gasteiger partial charge in [-0.25, -0.2) is 4.98 Å². The number of halogens is 4. The number of esters is 1. The van der Waals surface area contributed by atoms with Crippen LogP contribution in [0.1, 0.15) is 11.1 Å². The molecule has 1 aromatic heterocycles. The molecule has 0 saturated heterocycles. The third-order valence-electron chi connectivity index (χ3n) is 1.82. The number of nitrogens with zero attached hydrogens (tertiary/aromatic N) is 1. The lowest BCUT2D eigenvalue weighted by molar-refractivity contribution is -0.141. The summed E-state index contributed by atoms with van der Waals surface area (Å²) in [6.45, 7) is 0. The Bertz CT molecular complexity index is 406. The van der Waals surface area contributed by atoms with Crippen molar-refractivity contribution in [3.8, 4) is 0 Å². The Morgan fingerprint density at radius 1 is 1.56 bits per heavy atom. The molecule has 88 valence electrons. The number of pyridine rings is 1. The van der Waals surface area contributed by atoms with E-state index >= 15 is 0 Å². The molecule has 0 fully saturated rings. The summed E-state index contributed by atoms with van der Waals surface area (Å²) in [5.41, 5.74) is -1.10. The molecular formula is C9H7BrF3NO2. The van der Waals surface area contributed by atoms with Crippen LogP contribution >= 0.6 is 15.9 Å². The van der Waals surface area contributed by atoms with E-state index in [0.717, 1.165) is 19.4 Å². The van der Waals surface area contributed by atoms with Crippen LogP contribution in [-0.2, 0) is 22.1 Å². The lowest BCUT2D eigenvalue weighted by Gasteiger charge is -2.11. The van der Waals surface area contributed by atoms with Gasteiger partial charge < -0.3 is 4.74 Å². The first kappa shape index (κ1) is 13.0. The summed E-state index contributed by atoms with van der Waals surface area (Å²) in [5.74, 6) is -0.741. The molecule has 3 nitrogen and oxygen atoms in total. The predicted octanol–water partition coefficient (Wildman–Crippen LogP) is 2.58. The van der Waals surface area contributed by atoms with Crippen LogP contribution in [0.2, 0.25) is 0 Å². The standard InChI is InChI=1S/C9H7BrF3NO2/c1-16-8(15)2-5-4-14-7(10)3-6(5)9(11,12)13/h3-4H,2H2,1H3. The van der Waals surface area contributed by atoms with Crippen molar-refractivity contribution in [3.05, 3.63) is 28.0 Å². The number of carbonyl (C=O) groups excluding carboxylic acids is 1. The highest BCUT2D eigenvalue weighted by Crippen LogP contribution is 2.33. The Labute approximate surface area is 97.8 Å². The largest absolute Gasteiger partial charge is 0.469 e. The third kappa shape index (κ3) is 3.19. The molecular weight excluding hydrogens is 291 g/mol. The van der Waals surface area contributed by atoms with Gasteiger partial charge in [-0.1, -0.05) is 0 Å². The Morgan fingerprint density at radius 2 is 2.19 bits per heavy atom. The van der Waals surface area contributed by atoms with E-state index in [4.69, 9.17) is 0 Å². The second kappa shape index (κ2) is 4.82. The topological polar surface area (TPSA) is 39.2 Å². The lowest BCUT2D eigenvalue weighted by atomic mass is 10.1. The number of aromatic nitrogens is 1. The average molecular weight is 298 g/mol. The summed E-state index contributed by atoms with van der Waals surface area (Å²) in [6.07, 6.45) is -3.97. The van der Waals surface area contributed by atoms with E-state index < -0.39 is 24.1 Å². The molecule has 1 aromatic rings. The van der Waals surface area contributed by atoms with Gasteiger partial charge in [-0.05, 0) is 27.6 Å². The second-order valence-corrected chi connectivity index (χ2v) is 3.73. The molecule has 1 heterocycles. The molecule has 0 aliphatic carbocycles. The van der Waals surface area contributed by atoms with E-state index in [-0.39, 0.29) is 10.2 Å². The van der Waals surface area contributed by atoms with Crippen molar-refractivity contribution in [1.29, 1.82) is 0 Å². The highest BCUT2D eigenvalue weighted by molar-refractivity contribution is 9.10. The summed E-state index contributed by atoms with van der Waals surface area (Å²) in [5, 5.41) is 0. The minimum absolute atomic E-state index is 0.0634. The van der Waals surface area contributed by atoms with Gasteiger partial charge in [-0.15, -0.1) is 0 Å². The van der Waals surface area contributed by atoms with Crippen molar-refractivity contribution < 1.29 is 22.7 Å². The molecule has 0 atom stereocenters. The molecule has 7 heteroatoms. The Kier molecular flexibility index (Phi) is 3.90. The minimum atomic E-state index is -4.52. The molecule has 0 N–H and O–H groups in total. The van der Waals surface area contributed by atoms with Crippen LogP contribution in [0.25, 0.3) is 0 Å². The van der Waals surface area contributed by atoms with Crippen molar-refractivity contribution in [3.63, 3.8) is 0 Å². The number of rotatable bonds is 2. The second-order valence-electron chi connectivity index (χ2n) is 2.91. The van der Waals surface area contributed by atoms with E-state index in [9.17, 15) is 18.0 Å². The molecule has 0 aliphatic heterocycles. The normalized spacial score (nSPS) is 11.3. The fraction of sp³-hybridized carbons (Fsp3) is 0.333. The van der Waals surface area contributed by atoms with Crippen LogP contribution in [0.3, 0.4) is 0 Å². The molecule has 1 rings (SSSR count). The number of alkyl halides is 3. The van der Waals surface area contributed by atoms with Gasteiger partial charge in [0.1, 0.15) is 4.60 Å². The average Bonchev–Trinajstić information content (AvgIpc) is 2.19. The van der Waals surface area contributed by atoms with Crippen LogP contribution in [-0.4, -0.2) is 18.1 Å². The first-order valence-corrected chi connectivity index (χ1v) is 4.92. The van der Waals surface area contributed by atoms with E-state index in [1.54, 1.807) is 0 Å². The molecule has 0 aromatic carbocycles. The number of ether oxygens (including phenoxy) is 1. The van der Waals surface area contributed by atoms with Gasteiger partial charge >= 0.3 is 12.1 Å². The van der Waals surface area contributed by atoms with Gasteiger partial charge in [0.2, 0.25) is 0 Å². The molecule has 0 unspecified atom stereocenters. The first-order chi connectivity index (χ1) is 7.34. The molecule has 0 bridgehead atoms. The fourth-order valence-electron chi connectivity index (χ4n) is 1.09. The van der Waals surface area contributed by atoms with E-state index in [0.29, 0.717) is 0 Å². The van der Waals surface area contributed by atoms with Gasteiger partial charge in [0.05, 0.1) is 19.1 Å². The zero-order valence-corrected chi connectivity index (χ0v) is 9.72. The maximum absolute atomic E-state index is 12.6. The Hall–Kier alpha value is -1.11. The first-order valence-electron chi connectivity index (χ1n) is 4.13. The number of carbonyl (C=O) groups is 1. The van der Waals surface area contributed by atoms with Gasteiger partial charge in [-0.2, -0.15) is 13.2 Å². The Morgan fingerprint density at radius 3 is 2.69 bits per heavy atom. The maximum atomic E-state index is 12.6. The number of hydrogen-bond donors (Lipinski definition) is 0. The summed E-state index contributed by atoms with van der Waals surface area (Å²) in [4.78, 5) is 14.6. The van der Waals surface area contributed by atoms with Gasteiger partial charge in [0.25, 0.3) is 0 Å². The predicted molar refractivity (Wildman–Crippen MR) is 52.7 cm³/mol. The lowest BCUT2D eigenvalue weighted by Crippen LogP contribution is -2.14. The smallest absolute Gasteiger partial charge is 0.416 e. The SMILES string of the molecule is COC(=O)Cc1cnc(Br)cc1C(F)(F)F. The van der Waals surface area contributed by atoms with E-state index in [1.807, 2.05) is 0 Å². The Balaban J connectivity index is 3.13. The van der Waals surface area contributed by atoms with Crippen molar-refractivity contribution in [1.82, 2.24) is 4.98 Å². The van der Waals surface area contributed by atoms with E-state index in [2.05, 4.69) is 25.7 Å². The highest BCUT2D eigenvalue weighted by Gasteiger charge is 2.34. The zero-order valence-electron chi connectivity index (χ0n) is 8.14. The molecule has 0 aliphatic rings. The van der Waals surface area contributed by atoms with Crippen molar-refractivity contribution in [2.45, 2.75) is 12.6 Å². The molecule has 0 radical (unpaired) electrons. The molecule has 0 spiro atoms. The van der Waals surface area contributed by atoms with Crippen LogP contribution in [0.4, 0.5) is 13.2 Å². The van der Waals surface area contributed by atoms with Crippen molar-refractivity contribution >= 4 is 21.9 Å². The summed E-state index contributed by atoms with van der Waals surface area (Å²) >= 11 is 2.84. The minimum Gasteiger partial charge on any atom is -0.469 e. The van der Waals surface area contributed by atoms with Crippen LogP contribution in [0.15, 0.2) is 16.9 Å². The monoisotopic (exact) mass is 297 g/mol. The van der Waals surface area contributed by atoms with Crippen LogP contribution in [0.5, 0.6) is 0 Å².